The first-order chi connectivity index (χ1) is 9.11. The highest BCUT2D eigenvalue weighted by atomic mass is 16.2. The second-order valence-electron chi connectivity index (χ2n) is 5.13. The molecule has 0 radical (unpaired) electrons. The largest absolute Gasteiger partial charge is 0.395 e. The quantitative estimate of drug-likeness (QED) is 0.816. The molecule has 1 fully saturated rings. The molecule has 0 heterocycles. The van der Waals surface area contributed by atoms with E-state index in [4.69, 9.17) is 5.11 Å². The highest BCUT2D eigenvalue weighted by Crippen LogP contribution is 2.38. The van der Waals surface area contributed by atoms with Crippen LogP contribution in [0.5, 0.6) is 0 Å². The first-order valence-corrected chi connectivity index (χ1v) is 6.63. The van der Waals surface area contributed by atoms with Crippen LogP contribution in [0.15, 0.2) is 18.2 Å². The minimum absolute atomic E-state index is 0.0557. The molecule has 2 N–H and O–H groups in total. The predicted molar refractivity (Wildman–Crippen MR) is 75.7 cm³/mol. The molecule has 1 aliphatic carbocycles. The Kier molecular flexibility index (Phi) is 4.24. The number of benzene rings is 1. The van der Waals surface area contributed by atoms with Crippen molar-refractivity contribution in [3.8, 4) is 11.8 Å². The molecule has 2 atom stereocenters. The maximum atomic E-state index is 12.0. The molecule has 0 aromatic heterocycles. The van der Waals surface area contributed by atoms with Gasteiger partial charge in [-0.25, -0.2) is 0 Å². The number of nitrogens with one attached hydrogen (secondary N) is 1. The Morgan fingerprint density at radius 2 is 2.26 bits per heavy atom. The smallest absolute Gasteiger partial charge is 0.227 e. The van der Waals surface area contributed by atoms with E-state index in [-0.39, 0.29) is 18.4 Å². The fraction of sp³-hybridized carbons (Fsp3) is 0.438. The molecule has 3 nitrogen and oxygen atoms in total. The predicted octanol–water partition coefficient (Wildman–Crippen LogP) is 2.32. The molecule has 1 aromatic rings. The zero-order valence-electron chi connectivity index (χ0n) is 11.4. The van der Waals surface area contributed by atoms with Crippen LogP contribution in [0, 0.1) is 30.6 Å². The third-order valence-electron chi connectivity index (χ3n) is 3.34. The molecule has 19 heavy (non-hydrogen) atoms. The van der Waals surface area contributed by atoms with Crippen LogP contribution < -0.4 is 5.32 Å². The van der Waals surface area contributed by atoms with Crippen molar-refractivity contribution in [3.63, 3.8) is 0 Å². The lowest BCUT2D eigenvalue weighted by atomic mass is 10.1. The molecule has 1 saturated carbocycles. The Bertz CT molecular complexity index is 539. The lowest BCUT2D eigenvalue weighted by Crippen LogP contribution is -2.15. The Hall–Kier alpha value is -1.79. The second-order valence-corrected chi connectivity index (χ2v) is 5.13. The van der Waals surface area contributed by atoms with E-state index in [0.717, 1.165) is 23.2 Å². The highest BCUT2D eigenvalue weighted by Gasteiger charge is 2.39. The number of anilines is 1. The van der Waals surface area contributed by atoms with Crippen LogP contribution in [0.25, 0.3) is 0 Å². The average molecular weight is 257 g/mol. The molecular weight excluding hydrogens is 238 g/mol. The van der Waals surface area contributed by atoms with Gasteiger partial charge in [0.05, 0.1) is 12.3 Å². The Labute approximate surface area is 114 Å². The van der Waals surface area contributed by atoms with Crippen LogP contribution in [-0.4, -0.2) is 17.6 Å². The Morgan fingerprint density at radius 3 is 2.89 bits per heavy atom. The fourth-order valence-corrected chi connectivity index (χ4v) is 2.00. The summed E-state index contributed by atoms with van der Waals surface area (Å²) in [6.07, 6.45) is 1.42. The minimum Gasteiger partial charge on any atom is -0.395 e. The lowest BCUT2D eigenvalue weighted by Gasteiger charge is -2.08. The first kappa shape index (κ1) is 13.6. The van der Waals surface area contributed by atoms with Crippen molar-refractivity contribution < 1.29 is 9.90 Å². The van der Waals surface area contributed by atoms with Crippen molar-refractivity contribution in [3.05, 3.63) is 29.3 Å². The summed E-state index contributed by atoms with van der Waals surface area (Å²) >= 11 is 0. The van der Waals surface area contributed by atoms with E-state index >= 15 is 0 Å². The summed E-state index contributed by atoms with van der Waals surface area (Å²) < 4.78 is 0. The number of carbonyl (C=O) groups is 1. The van der Waals surface area contributed by atoms with E-state index in [2.05, 4.69) is 24.1 Å². The third-order valence-corrected chi connectivity index (χ3v) is 3.34. The summed E-state index contributed by atoms with van der Waals surface area (Å²) in [6, 6.07) is 5.81. The normalized spacial score (nSPS) is 20.4. The maximum absolute atomic E-state index is 12.0. The number of carbonyl (C=O) groups excluding carboxylic acids is 1. The van der Waals surface area contributed by atoms with E-state index in [1.807, 2.05) is 25.1 Å². The Morgan fingerprint density at radius 1 is 1.53 bits per heavy atom. The summed E-state index contributed by atoms with van der Waals surface area (Å²) in [5, 5.41) is 11.7. The third kappa shape index (κ3) is 3.59. The standard InChI is InChI=1S/C16H19NO2/c1-11-6-7-15(13(9-11)5-3-4-8-18)17-16(19)14-10-12(14)2/h6-7,9,12,14,18H,4,8,10H2,1-2H3,(H,17,19). The van der Waals surface area contributed by atoms with E-state index in [1.165, 1.54) is 0 Å². The van der Waals surface area contributed by atoms with Gasteiger partial charge in [-0.05, 0) is 37.0 Å². The van der Waals surface area contributed by atoms with Crippen LogP contribution in [0.3, 0.4) is 0 Å². The van der Waals surface area contributed by atoms with Crippen LogP contribution in [0.2, 0.25) is 0 Å². The molecule has 0 aliphatic heterocycles. The van der Waals surface area contributed by atoms with E-state index in [1.54, 1.807) is 0 Å². The van der Waals surface area contributed by atoms with Crippen molar-refractivity contribution >= 4 is 11.6 Å². The van der Waals surface area contributed by atoms with Gasteiger partial charge in [0, 0.05) is 17.9 Å². The van der Waals surface area contributed by atoms with Crippen LogP contribution in [0.1, 0.15) is 30.9 Å². The number of amides is 1. The molecule has 100 valence electrons. The lowest BCUT2D eigenvalue weighted by molar-refractivity contribution is -0.117. The van der Waals surface area contributed by atoms with Gasteiger partial charge in [0.25, 0.3) is 0 Å². The zero-order chi connectivity index (χ0) is 13.8. The van der Waals surface area contributed by atoms with Gasteiger partial charge in [-0.2, -0.15) is 0 Å². The molecule has 0 spiro atoms. The highest BCUT2D eigenvalue weighted by molar-refractivity contribution is 5.95. The van der Waals surface area contributed by atoms with E-state index < -0.39 is 0 Å². The molecule has 1 aliphatic rings. The molecule has 2 rings (SSSR count). The van der Waals surface area contributed by atoms with Crippen molar-refractivity contribution in [2.24, 2.45) is 11.8 Å². The summed E-state index contributed by atoms with van der Waals surface area (Å²) in [4.78, 5) is 12.0. The van der Waals surface area contributed by atoms with Crippen molar-refractivity contribution in [1.82, 2.24) is 0 Å². The molecule has 2 unspecified atom stereocenters. The van der Waals surface area contributed by atoms with E-state index in [0.29, 0.717) is 12.3 Å². The number of aliphatic hydroxyl groups excluding tert-OH is 1. The van der Waals surface area contributed by atoms with Crippen molar-refractivity contribution in [1.29, 1.82) is 0 Å². The van der Waals surface area contributed by atoms with Gasteiger partial charge in [-0.1, -0.05) is 24.8 Å². The maximum Gasteiger partial charge on any atom is 0.227 e. The van der Waals surface area contributed by atoms with Gasteiger partial charge in [0.15, 0.2) is 0 Å². The fourth-order valence-electron chi connectivity index (χ4n) is 2.00. The molecule has 1 amide bonds. The van der Waals surface area contributed by atoms with Crippen LogP contribution >= 0.6 is 0 Å². The zero-order valence-corrected chi connectivity index (χ0v) is 11.4. The summed E-state index contributed by atoms with van der Waals surface area (Å²) in [7, 11) is 0. The van der Waals surface area contributed by atoms with Crippen LogP contribution in [-0.2, 0) is 4.79 Å². The average Bonchev–Trinajstić information content (AvgIpc) is 3.10. The molecule has 0 bridgehead atoms. The van der Waals surface area contributed by atoms with Gasteiger partial charge in [0.1, 0.15) is 0 Å². The number of rotatable bonds is 3. The molecule has 1 aromatic carbocycles. The van der Waals surface area contributed by atoms with Gasteiger partial charge in [0.2, 0.25) is 5.91 Å². The SMILES string of the molecule is Cc1ccc(NC(=O)C2CC2C)c(C#CCCO)c1. The first-order valence-electron chi connectivity index (χ1n) is 6.63. The number of hydrogen-bond acceptors (Lipinski definition) is 2. The van der Waals surface area contributed by atoms with Gasteiger partial charge < -0.3 is 10.4 Å². The van der Waals surface area contributed by atoms with Crippen molar-refractivity contribution in [2.75, 3.05) is 11.9 Å². The molecular formula is C16H19NO2. The summed E-state index contributed by atoms with van der Waals surface area (Å²) in [5.41, 5.74) is 2.68. The van der Waals surface area contributed by atoms with Gasteiger partial charge >= 0.3 is 0 Å². The monoisotopic (exact) mass is 257 g/mol. The minimum atomic E-state index is 0.0557. The summed E-state index contributed by atoms with van der Waals surface area (Å²) in [6.45, 7) is 4.13. The second kappa shape index (κ2) is 5.90. The molecule has 0 saturated heterocycles. The number of aryl methyl sites for hydroxylation is 1. The topological polar surface area (TPSA) is 49.3 Å². The number of hydrogen-bond donors (Lipinski definition) is 2. The van der Waals surface area contributed by atoms with E-state index in [9.17, 15) is 4.79 Å². The number of aliphatic hydroxyl groups is 1. The van der Waals surface area contributed by atoms with Gasteiger partial charge in [-0.15, -0.1) is 0 Å². The van der Waals surface area contributed by atoms with Crippen molar-refractivity contribution in [2.45, 2.75) is 26.7 Å². The van der Waals surface area contributed by atoms with Crippen LogP contribution in [0.4, 0.5) is 5.69 Å². The summed E-state index contributed by atoms with van der Waals surface area (Å²) in [5.74, 6) is 6.63. The molecule has 3 heteroatoms. The van der Waals surface area contributed by atoms with Gasteiger partial charge in [-0.3, -0.25) is 4.79 Å². The Balaban J connectivity index is 2.15.